The number of ether oxygens (including phenoxy) is 5. The van der Waals surface area contributed by atoms with E-state index in [-0.39, 0.29) is 131 Å². The van der Waals surface area contributed by atoms with E-state index in [4.69, 9.17) is 33.0 Å². The molecule has 110 heavy (non-hydrogen) atoms. The Labute approximate surface area is 684 Å². The number of piperidine rings is 5. The smallest absolute Gasteiger partial charge is 1.00 e. The van der Waals surface area contributed by atoms with Crippen LogP contribution in [0.15, 0.2) is 37.2 Å². The van der Waals surface area contributed by atoms with E-state index in [0.717, 1.165) is 102 Å². The number of fused-ring (bicyclic) bond motifs is 10. The Morgan fingerprint density at radius 2 is 0.718 bits per heavy atom. The Bertz CT molecular complexity index is 3500. The van der Waals surface area contributed by atoms with Crippen LogP contribution in [0.25, 0.3) is 0 Å². The number of ketones is 1. The first-order valence-corrected chi connectivity index (χ1v) is 42.9. The first kappa shape index (κ1) is 97.2. The molecule has 5 amide bonds. The van der Waals surface area contributed by atoms with Gasteiger partial charge in [0.15, 0.2) is 0 Å². The minimum atomic E-state index is -3.44. The Hall–Kier alpha value is -5.22. The molecule has 0 aromatic carbocycles. The summed E-state index contributed by atoms with van der Waals surface area (Å²) in [4.78, 5) is 81.8. The number of H-pyrrole nitrogens is 1. The first-order chi connectivity index (χ1) is 49.8. The van der Waals surface area contributed by atoms with E-state index in [1.165, 1.54) is 16.7 Å². The van der Waals surface area contributed by atoms with Gasteiger partial charge in [-0.25, -0.2) is 32.4 Å². The minimum absolute atomic E-state index is 0. The van der Waals surface area contributed by atoms with E-state index < -0.39 is 47.2 Å². The molecule has 10 saturated heterocycles. The van der Waals surface area contributed by atoms with Crippen molar-refractivity contribution in [3.05, 3.63) is 53.9 Å². The minimum Gasteiger partial charge on any atom is -1.00 e. The topological polar surface area (TPSA) is 347 Å². The van der Waals surface area contributed by atoms with Crippen molar-refractivity contribution in [1.29, 1.82) is 0 Å². The van der Waals surface area contributed by atoms with Crippen molar-refractivity contribution >= 4 is 74.5 Å². The maximum absolute atomic E-state index is 12.4. The zero-order valence-corrected chi connectivity index (χ0v) is 74.0. The number of nitrogens with zero attached hydrogens (tertiary/aromatic N) is 10. The van der Waals surface area contributed by atoms with Crippen LogP contribution >= 0.6 is 10.7 Å². The molecule has 34 heteroatoms. The molecule has 13 heterocycles. The fraction of sp³-hybridized carbons (Fsp3) is 0.803. The number of hydrogen-bond acceptors (Lipinski definition) is 21. The van der Waals surface area contributed by atoms with E-state index in [0.29, 0.717) is 74.8 Å². The van der Waals surface area contributed by atoms with Crippen LogP contribution in [0.3, 0.4) is 0 Å². The monoisotopic (exact) mass is 1620 g/mol. The summed E-state index contributed by atoms with van der Waals surface area (Å²) in [5.41, 5.74) is 1.30. The van der Waals surface area contributed by atoms with Crippen molar-refractivity contribution in [2.45, 2.75) is 373 Å². The summed E-state index contributed by atoms with van der Waals surface area (Å²) in [6, 6.07) is 2.60. The molecule has 619 valence electrons. The maximum atomic E-state index is 12.4. The molecule has 0 aliphatic carbocycles. The van der Waals surface area contributed by atoms with Gasteiger partial charge in [-0.1, -0.05) is 0 Å². The van der Waals surface area contributed by atoms with Crippen LogP contribution in [-0.4, -0.2) is 246 Å². The molecular weight excluding hydrogens is 1490 g/mol. The molecule has 3 N–H and O–H groups in total. The second kappa shape index (κ2) is 40.9. The normalized spacial score (nSPS) is 26.9. The number of nitrogens with one attached hydrogen (secondary N) is 1. The summed E-state index contributed by atoms with van der Waals surface area (Å²) in [5, 5.41) is 32.5. The van der Waals surface area contributed by atoms with Gasteiger partial charge in [0.05, 0.1) is 55.4 Å². The second-order valence-corrected chi connectivity index (χ2v) is 40.0. The molecule has 10 atom stereocenters. The Morgan fingerprint density at radius 1 is 0.473 bits per heavy atom. The summed E-state index contributed by atoms with van der Waals surface area (Å²) < 4.78 is 77.8. The molecule has 3 aromatic heterocycles. The van der Waals surface area contributed by atoms with Crippen LogP contribution < -0.4 is 29.6 Å². The van der Waals surface area contributed by atoms with Crippen LogP contribution in [-0.2, 0) is 51.8 Å². The molecule has 3 radical (unpaired) electrons. The number of hydrogen-bond donors (Lipinski definition) is 3. The van der Waals surface area contributed by atoms with E-state index in [1.54, 1.807) is 22.9 Å². The number of aryl methyl sites for hydroxylation is 3. The largest absolute Gasteiger partial charge is 1.00 e. The fourth-order valence-corrected chi connectivity index (χ4v) is 16.6. The molecule has 10 bridgehead atoms. The Kier molecular flexibility index (Phi) is 36.1. The zero-order chi connectivity index (χ0) is 81.0. The third-order valence-electron chi connectivity index (χ3n) is 19.5. The predicted molar refractivity (Wildman–Crippen MR) is 417 cm³/mol. The summed E-state index contributed by atoms with van der Waals surface area (Å²) in [5.74, 6) is 0.285. The standard InChI is InChI=1S/2C16H25N3O2.C13H23NO5S.C12H21NO3.C12H19NO3.C4H6N2.C2H6O.CH3ClO2S.B.Na.H/c2*1-11-9-17-18(10-11)14-7-12-5-6-13(8-14)19(12)15(20)21-16(2,3)4;1-13(2,3)18-12(15)14-9-5-6-10(14)8-11(7-9)19-20(4,16)17;2*1-12(2,3)16-11(15)13-8-4-5-9(13)7-10(14)6-8;1-4-2-5-6-3-4;1-2-3;1-5(2,3)4;;;/h2*9-10,12-14H,5-8H2,1-4H3;9-11H,5-8H2,1-4H3;8-10,14H,4-7H2,1-3H3;8-9H,4-7H2,1-3H3;2-3H,1H3,(H,5,6);3H,2H2,1H3;1H3;;;/q;;;;;;;;;+1;-1. The van der Waals surface area contributed by atoms with Gasteiger partial charge in [-0.3, -0.25) is 23.4 Å². The van der Waals surface area contributed by atoms with Crippen molar-refractivity contribution in [3.63, 3.8) is 0 Å². The van der Waals surface area contributed by atoms with Crippen molar-refractivity contribution in [2.75, 3.05) is 19.1 Å². The summed E-state index contributed by atoms with van der Waals surface area (Å²) in [7, 11) is -2.14. The summed E-state index contributed by atoms with van der Waals surface area (Å²) in [6.45, 7) is 36.3. The molecule has 10 aliphatic heterocycles. The van der Waals surface area contributed by atoms with Gasteiger partial charge in [0.25, 0.3) is 10.1 Å². The number of carbonyl (C=O) groups excluding carboxylic acids is 6. The van der Waals surface area contributed by atoms with Gasteiger partial charge in [-0.2, -0.15) is 23.7 Å². The predicted octanol–water partition coefficient (Wildman–Crippen LogP) is 10.1. The van der Waals surface area contributed by atoms with Crippen molar-refractivity contribution < 1.29 is 115 Å². The van der Waals surface area contributed by atoms with Crippen molar-refractivity contribution in [1.82, 2.24) is 54.3 Å². The quantitative estimate of drug-likeness (QED) is 0.0945. The number of amides is 5. The Balaban J connectivity index is 0.000000343. The zero-order valence-electron chi connectivity index (χ0n) is 70.6. The van der Waals surface area contributed by atoms with Gasteiger partial charge in [-0.05, 0) is 264 Å². The van der Waals surface area contributed by atoms with Gasteiger partial charge in [0, 0.05) is 118 Å². The van der Waals surface area contributed by atoms with E-state index in [1.807, 2.05) is 144 Å². The SMILES string of the molecule is CC(C)(C)OC(=O)N1C2CCC1CC(=O)C2.CC(C)(C)OC(=O)N1C2CCC1CC(O)C2.CC(C)(C)OC(=O)N1C2CCC1CC(OS(C)(=O)=O)C2.CCO.CS(=O)(=O)Cl.Cc1cn[nH]c1.Cc1cnn(C2CC3CCC(C2)N3C(=O)OC(C)(C)C)c1.Cc1cnn(C2CC3CCC(C2)N3C(=O)OC(C)(C)C)c1.[B].[H-].[Na+]. The molecule has 10 aliphatic rings. The van der Waals surface area contributed by atoms with Crippen LogP contribution in [0.5, 0.6) is 0 Å². The first-order valence-electron chi connectivity index (χ1n) is 38.4. The van der Waals surface area contributed by atoms with Crippen LogP contribution in [0, 0.1) is 20.8 Å². The molecule has 0 spiro atoms. The number of halogens is 1. The third kappa shape index (κ3) is 31.9. The third-order valence-corrected chi connectivity index (χ3v) is 20.2. The average molecular weight is 1620 g/mol. The number of aromatic amines is 1. The van der Waals surface area contributed by atoms with E-state index in [2.05, 4.69) is 66.7 Å². The number of aromatic nitrogens is 6. The molecule has 10 unspecified atom stereocenters. The van der Waals surface area contributed by atoms with Gasteiger partial charge in [0.1, 0.15) is 33.8 Å². The van der Waals surface area contributed by atoms with Crippen LogP contribution in [0.1, 0.15) is 269 Å². The molecule has 3 aromatic rings. The van der Waals surface area contributed by atoms with Crippen molar-refractivity contribution in [3.8, 4) is 0 Å². The summed E-state index contributed by atoms with van der Waals surface area (Å²) >= 11 is 0. The molecule has 10 fully saturated rings. The summed E-state index contributed by atoms with van der Waals surface area (Å²) in [6.07, 6.45) is 29.5. The number of Topliss-reactive ketones (excluding diaryl/α,β-unsaturated/α-hetero) is 1. The molecular formula is C76H129BClN11NaO18S2. The van der Waals surface area contributed by atoms with E-state index in [9.17, 15) is 50.7 Å². The Morgan fingerprint density at radius 3 is 0.927 bits per heavy atom. The molecule has 29 nitrogen and oxygen atoms in total. The number of rotatable bonds is 4. The molecule has 13 rings (SSSR count). The molecule has 0 saturated carbocycles. The fourth-order valence-electron chi connectivity index (χ4n) is 15.9. The van der Waals surface area contributed by atoms with Gasteiger partial charge in [0.2, 0.25) is 9.05 Å². The van der Waals surface area contributed by atoms with Crippen LogP contribution in [0.4, 0.5) is 24.0 Å². The van der Waals surface area contributed by atoms with E-state index >= 15 is 0 Å². The van der Waals surface area contributed by atoms with Gasteiger partial charge >= 0.3 is 60.0 Å². The second-order valence-electron chi connectivity index (χ2n) is 35.3. The number of aliphatic hydroxyl groups excluding tert-OH is 2. The number of carbonyl (C=O) groups is 6. The van der Waals surface area contributed by atoms with Gasteiger partial charge < -0.3 is 59.8 Å². The van der Waals surface area contributed by atoms with Crippen molar-refractivity contribution in [2.24, 2.45) is 0 Å². The maximum Gasteiger partial charge on any atom is 1.00 e. The van der Waals surface area contributed by atoms with Crippen LogP contribution in [0.2, 0.25) is 0 Å². The van der Waals surface area contributed by atoms with Gasteiger partial charge in [-0.15, -0.1) is 0 Å². The number of aliphatic hydroxyl groups is 2. The average Bonchev–Trinajstić information content (AvgIpc) is 1.55.